The second-order valence-electron chi connectivity index (χ2n) is 3.63. The molecular weight excluding hydrogens is 194 g/mol. The van der Waals surface area contributed by atoms with Crippen LogP contribution in [-0.4, -0.2) is 11.9 Å². The molecular formula is C11H11NO3. The van der Waals surface area contributed by atoms with E-state index in [1.165, 1.54) is 6.92 Å². The zero-order valence-electron chi connectivity index (χ0n) is 8.53. The number of carbonyl (C=O) groups excluding carboxylic acids is 2. The number of ether oxygens (including phenoxy) is 1. The van der Waals surface area contributed by atoms with Gasteiger partial charge in [0.1, 0.15) is 0 Å². The first-order valence-corrected chi connectivity index (χ1v) is 4.64. The van der Waals surface area contributed by atoms with Crippen LogP contribution < -0.4 is 5.32 Å². The van der Waals surface area contributed by atoms with Gasteiger partial charge in [-0.05, 0) is 13.0 Å². The third-order valence-corrected chi connectivity index (χ3v) is 2.47. The van der Waals surface area contributed by atoms with E-state index in [0.29, 0.717) is 11.3 Å². The van der Waals surface area contributed by atoms with Gasteiger partial charge < -0.3 is 10.1 Å². The Balaban J connectivity index is 2.49. The Labute approximate surface area is 87.2 Å². The number of carbonyl (C=O) groups is 2. The van der Waals surface area contributed by atoms with Crippen LogP contribution in [0.2, 0.25) is 0 Å². The molecule has 0 aromatic heterocycles. The fraction of sp³-hybridized carbons (Fsp3) is 0.273. The molecule has 1 N–H and O–H groups in total. The summed E-state index contributed by atoms with van der Waals surface area (Å²) < 4.78 is 5.09. The van der Waals surface area contributed by atoms with Crippen molar-refractivity contribution in [3.05, 3.63) is 29.8 Å². The van der Waals surface area contributed by atoms with Crippen LogP contribution >= 0.6 is 0 Å². The molecule has 0 aliphatic carbocycles. The van der Waals surface area contributed by atoms with Crippen molar-refractivity contribution in [2.24, 2.45) is 0 Å². The van der Waals surface area contributed by atoms with Crippen LogP contribution in [0.4, 0.5) is 5.69 Å². The highest BCUT2D eigenvalue weighted by Gasteiger charge is 2.45. The van der Waals surface area contributed by atoms with Crippen LogP contribution in [-0.2, 0) is 19.9 Å². The molecule has 0 fully saturated rings. The first-order valence-electron chi connectivity index (χ1n) is 4.64. The number of nitrogens with one attached hydrogen (secondary N) is 1. The minimum absolute atomic E-state index is 0.307. The minimum atomic E-state index is -1.19. The molecule has 78 valence electrons. The summed E-state index contributed by atoms with van der Waals surface area (Å²) in [6.07, 6.45) is 0. The topological polar surface area (TPSA) is 55.4 Å². The zero-order chi connectivity index (χ0) is 11.1. The van der Waals surface area contributed by atoms with Gasteiger partial charge in [-0.3, -0.25) is 9.59 Å². The molecule has 0 saturated heterocycles. The molecule has 1 amide bonds. The molecule has 1 heterocycles. The quantitative estimate of drug-likeness (QED) is 0.705. The van der Waals surface area contributed by atoms with Gasteiger partial charge in [-0.15, -0.1) is 0 Å². The second-order valence-corrected chi connectivity index (χ2v) is 3.63. The summed E-state index contributed by atoms with van der Waals surface area (Å²) >= 11 is 0. The van der Waals surface area contributed by atoms with Gasteiger partial charge in [0.05, 0.1) is 0 Å². The maximum atomic E-state index is 11.7. The van der Waals surface area contributed by atoms with E-state index in [1.54, 1.807) is 25.1 Å². The van der Waals surface area contributed by atoms with E-state index in [4.69, 9.17) is 4.74 Å². The van der Waals surface area contributed by atoms with E-state index in [0.717, 1.165) is 0 Å². The van der Waals surface area contributed by atoms with Crippen LogP contribution in [0.25, 0.3) is 0 Å². The number of benzene rings is 1. The normalized spacial score (nSPS) is 23.2. The lowest BCUT2D eigenvalue weighted by molar-refractivity contribution is -0.162. The van der Waals surface area contributed by atoms with E-state index >= 15 is 0 Å². The van der Waals surface area contributed by atoms with Gasteiger partial charge >= 0.3 is 5.97 Å². The summed E-state index contributed by atoms with van der Waals surface area (Å²) in [5.41, 5.74) is 0.207. The summed E-state index contributed by atoms with van der Waals surface area (Å²) in [6, 6.07) is 7.18. The molecule has 2 rings (SSSR count). The summed E-state index contributed by atoms with van der Waals surface area (Å²) in [5, 5.41) is 2.68. The summed E-state index contributed by atoms with van der Waals surface area (Å²) in [5.74, 6) is -0.775. The van der Waals surface area contributed by atoms with Crippen molar-refractivity contribution < 1.29 is 14.3 Å². The molecule has 1 aliphatic rings. The molecule has 4 heteroatoms. The van der Waals surface area contributed by atoms with Crippen molar-refractivity contribution in [1.29, 1.82) is 0 Å². The molecule has 0 radical (unpaired) electrons. The van der Waals surface area contributed by atoms with Gasteiger partial charge in [0, 0.05) is 18.2 Å². The molecule has 1 unspecified atom stereocenters. The Hall–Kier alpha value is -1.84. The molecule has 0 bridgehead atoms. The second kappa shape index (κ2) is 3.08. The Morgan fingerprint density at radius 3 is 2.73 bits per heavy atom. The number of fused-ring (bicyclic) bond motifs is 1. The largest absolute Gasteiger partial charge is 0.444 e. The molecule has 15 heavy (non-hydrogen) atoms. The Morgan fingerprint density at radius 1 is 1.40 bits per heavy atom. The van der Waals surface area contributed by atoms with Gasteiger partial charge in [-0.1, -0.05) is 18.2 Å². The lowest BCUT2D eigenvalue weighted by Crippen LogP contribution is -2.35. The molecule has 1 atom stereocenters. The Bertz CT molecular complexity index is 441. The molecule has 1 aliphatic heterocycles. The van der Waals surface area contributed by atoms with Crippen molar-refractivity contribution in [3.63, 3.8) is 0 Å². The van der Waals surface area contributed by atoms with Gasteiger partial charge in [0.25, 0.3) is 5.91 Å². The van der Waals surface area contributed by atoms with Crippen LogP contribution in [0.3, 0.4) is 0 Å². The number of rotatable bonds is 1. The van der Waals surface area contributed by atoms with Gasteiger partial charge in [-0.25, -0.2) is 0 Å². The maximum absolute atomic E-state index is 11.7. The van der Waals surface area contributed by atoms with Crippen molar-refractivity contribution >= 4 is 17.6 Å². The standard InChI is InChI=1S/C11H11NO3/c1-7(13)15-11(2)8-5-3-4-6-9(8)12-10(11)14/h3-6H,1-2H3,(H,12,14). The average Bonchev–Trinajstić information content (AvgIpc) is 2.39. The maximum Gasteiger partial charge on any atom is 0.304 e. The zero-order valence-corrected chi connectivity index (χ0v) is 8.53. The highest BCUT2D eigenvalue weighted by molar-refractivity contribution is 6.05. The van der Waals surface area contributed by atoms with Crippen molar-refractivity contribution in [2.45, 2.75) is 19.4 Å². The van der Waals surface area contributed by atoms with Crippen LogP contribution in [0.5, 0.6) is 0 Å². The molecule has 0 saturated carbocycles. The van der Waals surface area contributed by atoms with Crippen molar-refractivity contribution in [2.75, 3.05) is 5.32 Å². The number of amides is 1. The van der Waals surface area contributed by atoms with E-state index in [2.05, 4.69) is 5.32 Å². The van der Waals surface area contributed by atoms with Gasteiger partial charge in [-0.2, -0.15) is 0 Å². The molecule has 0 spiro atoms. The summed E-state index contributed by atoms with van der Waals surface area (Å²) in [6.45, 7) is 2.88. The highest BCUT2D eigenvalue weighted by atomic mass is 16.6. The SMILES string of the molecule is CC(=O)OC1(C)C(=O)Nc2ccccc21. The number of hydrogen-bond donors (Lipinski definition) is 1. The Kier molecular flexibility index (Phi) is 2.00. The number of para-hydroxylation sites is 1. The molecule has 1 aromatic carbocycles. The minimum Gasteiger partial charge on any atom is -0.444 e. The smallest absolute Gasteiger partial charge is 0.304 e. The summed E-state index contributed by atoms with van der Waals surface area (Å²) in [4.78, 5) is 22.7. The lowest BCUT2D eigenvalue weighted by Gasteiger charge is -2.21. The van der Waals surface area contributed by atoms with E-state index in [9.17, 15) is 9.59 Å². The third-order valence-electron chi connectivity index (χ3n) is 2.47. The highest BCUT2D eigenvalue weighted by Crippen LogP contribution is 2.38. The fourth-order valence-electron chi connectivity index (χ4n) is 1.76. The number of anilines is 1. The Morgan fingerprint density at radius 2 is 2.07 bits per heavy atom. The predicted octanol–water partition coefficient (Wildman–Crippen LogP) is 1.42. The molecule has 4 nitrogen and oxygen atoms in total. The predicted molar refractivity (Wildman–Crippen MR) is 54.2 cm³/mol. The number of hydrogen-bond acceptors (Lipinski definition) is 3. The van der Waals surface area contributed by atoms with Gasteiger partial charge in [0.2, 0.25) is 5.60 Å². The first-order chi connectivity index (χ1) is 7.04. The third kappa shape index (κ3) is 1.38. The van der Waals surface area contributed by atoms with Gasteiger partial charge in [0.15, 0.2) is 0 Å². The average molecular weight is 205 g/mol. The van der Waals surface area contributed by atoms with E-state index in [-0.39, 0.29) is 5.91 Å². The summed E-state index contributed by atoms with van der Waals surface area (Å²) in [7, 11) is 0. The fourth-order valence-corrected chi connectivity index (χ4v) is 1.76. The van der Waals surface area contributed by atoms with Crippen molar-refractivity contribution in [3.8, 4) is 0 Å². The monoisotopic (exact) mass is 205 g/mol. The lowest BCUT2D eigenvalue weighted by atomic mass is 9.97. The van der Waals surface area contributed by atoms with E-state index in [1.807, 2.05) is 6.07 Å². The van der Waals surface area contributed by atoms with Crippen LogP contribution in [0.15, 0.2) is 24.3 Å². The van der Waals surface area contributed by atoms with Crippen LogP contribution in [0, 0.1) is 0 Å². The first kappa shape index (κ1) is 9.71. The van der Waals surface area contributed by atoms with Crippen LogP contribution in [0.1, 0.15) is 19.4 Å². The van der Waals surface area contributed by atoms with E-state index < -0.39 is 11.6 Å². The van der Waals surface area contributed by atoms with Crippen molar-refractivity contribution in [1.82, 2.24) is 0 Å². The number of esters is 1. The molecule has 1 aromatic rings.